The first kappa shape index (κ1) is 12.8. The third-order valence-corrected chi connectivity index (χ3v) is 3.74. The van der Waals surface area contributed by atoms with E-state index in [-0.39, 0.29) is 12.3 Å². The summed E-state index contributed by atoms with van der Waals surface area (Å²) in [6.07, 6.45) is 1.87. The molecule has 1 amide bonds. The number of fused-ring (bicyclic) bond motifs is 1. The Bertz CT molecular complexity index is 748. The van der Waals surface area contributed by atoms with Crippen LogP contribution in [0.15, 0.2) is 29.9 Å². The van der Waals surface area contributed by atoms with Gasteiger partial charge in [0.15, 0.2) is 0 Å². The molecular formula is C13H13N5OS. The molecule has 0 radical (unpaired) electrons. The Morgan fingerprint density at radius 1 is 1.45 bits per heavy atom. The number of hydrogen-bond acceptors (Lipinski definition) is 5. The van der Waals surface area contributed by atoms with Crippen molar-refractivity contribution in [3.8, 4) is 0 Å². The number of carbonyl (C=O) groups excluding carboxylic acids is 1. The molecule has 3 aromatic rings. The molecule has 0 aliphatic rings. The van der Waals surface area contributed by atoms with Crippen LogP contribution in [0.5, 0.6) is 0 Å². The highest BCUT2D eigenvalue weighted by Crippen LogP contribution is 2.16. The van der Waals surface area contributed by atoms with Crippen molar-refractivity contribution in [3.05, 3.63) is 40.6 Å². The second kappa shape index (κ2) is 5.40. The molecule has 0 aliphatic heterocycles. The van der Waals surface area contributed by atoms with Gasteiger partial charge >= 0.3 is 0 Å². The van der Waals surface area contributed by atoms with E-state index < -0.39 is 0 Å². The molecule has 0 aliphatic carbocycles. The van der Waals surface area contributed by atoms with Gasteiger partial charge in [-0.05, 0) is 18.2 Å². The average Bonchev–Trinajstić information content (AvgIpc) is 3.06. The summed E-state index contributed by atoms with van der Waals surface area (Å²) in [4.78, 5) is 23.4. The number of nitrogens with zero attached hydrogens (tertiary/aromatic N) is 2. The molecule has 4 N–H and O–H groups in total. The monoisotopic (exact) mass is 287 g/mol. The predicted octanol–water partition coefficient (Wildman–Crippen LogP) is 1.66. The van der Waals surface area contributed by atoms with Crippen LogP contribution in [0.3, 0.4) is 0 Å². The van der Waals surface area contributed by atoms with Crippen LogP contribution >= 0.6 is 11.3 Å². The van der Waals surface area contributed by atoms with Crippen molar-refractivity contribution >= 4 is 34.0 Å². The van der Waals surface area contributed by atoms with E-state index in [0.717, 1.165) is 27.4 Å². The zero-order valence-electron chi connectivity index (χ0n) is 10.6. The van der Waals surface area contributed by atoms with Gasteiger partial charge in [0.05, 0.1) is 29.5 Å². The zero-order valence-corrected chi connectivity index (χ0v) is 11.4. The molecule has 0 bridgehead atoms. The number of H-pyrrole nitrogens is 1. The van der Waals surface area contributed by atoms with Crippen LogP contribution in [0.2, 0.25) is 0 Å². The van der Waals surface area contributed by atoms with Gasteiger partial charge in [-0.15, -0.1) is 11.3 Å². The minimum Gasteiger partial charge on any atom is -0.345 e. The second-order valence-electron chi connectivity index (χ2n) is 4.30. The Labute approximate surface area is 119 Å². The molecule has 0 spiro atoms. The summed E-state index contributed by atoms with van der Waals surface area (Å²) in [5.41, 5.74) is 8.74. The van der Waals surface area contributed by atoms with E-state index in [0.29, 0.717) is 6.54 Å². The molecule has 102 valence electrons. The molecule has 1 aromatic carbocycles. The highest BCUT2D eigenvalue weighted by atomic mass is 32.1. The van der Waals surface area contributed by atoms with Gasteiger partial charge in [-0.25, -0.2) is 9.97 Å². The van der Waals surface area contributed by atoms with E-state index in [2.05, 4.69) is 20.3 Å². The number of hydrogen-bond donors (Lipinski definition) is 3. The Kier molecular flexibility index (Phi) is 3.44. The van der Waals surface area contributed by atoms with Crippen LogP contribution in [0.1, 0.15) is 10.7 Å². The van der Waals surface area contributed by atoms with Crippen LogP contribution in [-0.4, -0.2) is 20.9 Å². The topological polar surface area (TPSA) is 96.7 Å². The molecule has 3 rings (SSSR count). The molecule has 20 heavy (non-hydrogen) atoms. The van der Waals surface area contributed by atoms with Crippen molar-refractivity contribution < 1.29 is 4.79 Å². The summed E-state index contributed by atoms with van der Waals surface area (Å²) >= 11 is 1.47. The standard InChI is InChI=1S/C13H13N5OS/c14-5-13-18-9(6-20-13)4-12(19)17-8-1-2-10-11(3-8)16-7-15-10/h1-3,6-7H,4-5,14H2,(H,15,16)(H,17,19). The highest BCUT2D eigenvalue weighted by Gasteiger charge is 2.08. The molecule has 2 aromatic heterocycles. The quantitative estimate of drug-likeness (QED) is 0.680. The SMILES string of the molecule is NCc1nc(CC(=O)Nc2ccc3nc[nH]c3c2)cs1. The molecule has 6 nitrogen and oxygen atoms in total. The average molecular weight is 287 g/mol. The van der Waals surface area contributed by atoms with E-state index in [4.69, 9.17) is 5.73 Å². The van der Waals surface area contributed by atoms with Crippen molar-refractivity contribution in [3.63, 3.8) is 0 Å². The maximum absolute atomic E-state index is 12.0. The highest BCUT2D eigenvalue weighted by molar-refractivity contribution is 7.09. The third kappa shape index (κ3) is 2.68. The lowest BCUT2D eigenvalue weighted by Gasteiger charge is -2.03. The van der Waals surface area contributed by atoms with Crippen molar-refractivity contribution in [2.24, 2.45) is 5.73 Å². The number of carbonyl (C=O) groups is 1. The number of nitrogens with two attached hydrogens (primary N) is 1. The summed E-state index contributed by atoms with van der Waals surface area (Å²) in [7, 11) is 0. The van der Waals surface area contributed by atoms with E-state index in [1.807, 2.05) is 23.6 Å². The lowest BCUT2D eigenvalue weighted by atomic mass is 10.2. The van der Waals surface area contributed by atoms with Gasteiger partial charge in [0.25, 0.3) is 0 Å². The third-order valence-electron chi connectivity index (χ3n) is 2.82. The number of aromatic nitrogens is 3. The summed E-state index contributed by atoms with van der Waals surface area (Å²) in [5.74, 6) is -0.0993. The molecule has 7 heteroatoms. The second-order valence-corrected chi connectivity index (χ2v) is 5.24. The number of aromatic amines is 1. The van der Waals surface area contributed by atoms with E-state index in [1.165, 1.54) is 11.3 Å². The first-order valence-corrected chi connectivity index (χ1v) is 6.99. The summed E-state index contributed by atoms with van der Waals surface area (Å²) < 4.78 is 0. The van der Waals surface area contributed by atoms with Gasteiger partial charge in [-0.2, -0.15) is 0 Å². The number of benzene rings is 1. The minimum absolute atomic E-state index is 0.0993. The van der Waals surface area contributed by atoms with Gasteiger partial charge in [0.1, 0.15) is 5.01 Å². The lowest BCUT2D eigenvalue weighted by Crippen LogP contribution is -2.14. The summed E-state index contributed by atoms with van der Waals surface area (Å²) in [5, 5.41) is 5.55. The first-order chi connectivity index (χ1) is 9.74. The Morgan fingerprint density at radius 3 is 3.15 bits per heavy atom. The molecule has 0 fully saturated rings. The minimum atomic E-state index is -0.0993. The fraction of sp³-hybridized carbons (Fsp3) is 0.154. The maximum Gasteiger partial charge on any atom is 0.230 e. The largest absolute Gasteiger partial charge is 0.345 e. The molecular weight excluding hydrogens is 274 g/mol. The van der Waals surface area contributed by atoms with Crippen molar-refractivity contribution in [2.45, 2.75) is 13.0 Å². The molecule has 0 atom stereocenters. The van der Waals surface area contributed by atoms with Crippen LogP contribution in [0.25, 0.3) is 11.0 Å². The maximum atomic E-state index is 12.0. The predicted molar refractivity (Wildman–Crippen MR) is 78.4 cm³/mol. The number of rotatable bonds is 4. The van der Waals surface area contributed by atoms with E-state index in [1.54, 1.807) is 6.33 Å². The van der Waals surface area contributed by atoms with Gasteiger partial charge in [0, 0.05) is 17.6 Å². The Balaban J connectivity index is 1.68. The smallest absolute Gasteiger partial charge is 0.230 e. The van der Waals surface area contributed by atoms with Gasteiger partial charge in [-0.1, -0.05) is 0 Å². The molecule has 0 saturated heterocycles. The zero-order chi connectivity index (χ0) is 13.9. The number of nitrogens with one attached hydrogen (secondary N) is 2. The summed E-state index contributed by atoms with van der Waals surface area (Å²) in [6.45, 7) is 0.406. The van der Waals surface area contributed by atoms with Gasteiger partial charge in [0.2, 0.25) is 5.91 Å². The van der Waals surface area contributed by atoms with Crippen LogP contribution in [0, 0.1) is 0 Å². The molecule has 0 saturated carbocycles. The van der Waals surface area contributed by atoms with Crippen molar-refractivity contribution in [1.82, 2.24) is 15.0 Å². The Morgan fingerprint density at radius 2 is 2.35 bits per heavy atom. The van der Waals surface area contributed by atoms with E-state index in [9.17, 15) is 4.79 Å². The Hall–Kier alpha value is -2.25. The lowest BCUT2D eigenvalue weighted by molar-refractivity contribution is -0.115. The normalized spacial score (nSPS) is 10.8. The number of thiazole rings is 1. The molecule has 0 unspecified atom stereocenters. The number of amides is 1. The molecule has 2 heterocycles. The van der Waals surface area contributed by atoms with Crippen LogP contribution in [-0.2, 0) is 17.8 Å². The van der Waals surface area contributed by atoms with E-state index >= 15 is 0 Å². The van der Waals surface area contributed by atoms with Crippen LogP contribution < -0.4 is 11.1 Å². The van der Waals surface area contributed by atoms with Crippen molar-refractivity contribution in [2.75, 3.05) is 5.32 Å². The number of imidazole rings is 1. The fourth-order valence-corrected chi connectivity index (χ4v) is 2.58. The van der Waals surface area contributed by atoms with Crippen molar-refractivity contribution in [1.29, 1.82) is 0 Å². The van der Waals surface area contributed by atoms with Gasteiger partial charge in [-0.3, -0.25) is 4.79 Å². The van der Waals surface area contributed by atoms with Gasteiger partial charge < -0.3 is 16.0 Å². The van der Waals surface area contributed by atoms with Crippen LogP contribution in [0.4, 0.5) is 5.69 Å². The fourth-order valence-electron chi connectivity index (χ4n) is 1.91. The number of anilines is 1. The first-order valence-electron chi connectivity index (χ1n) is 6.11. The summed E-state index contributed by atoms with van der Waals surface area (Å²) in [6, 6.07) is 5.54.